The second kappa shape index (κ2) is 11.9. The van der Waals surface area contributed by atoms with Crippen molar-refractivity contribution in [1.29, 1.82) is 0 Å². The fraction of sp³-hybridized carbons (Fsp3) is 0.429. The second-order valence-electron chi connectivity index (χ2n) is 6.97. The molecular formula is C21H26N6O5S. The van der Waals surface area contributed by atoms with Crippen molar-refractivity contribution in [3.8, 4) is 5.88 Å². The molecule has 0 amide bonds. The first-order chi connectivity index (χ1) is 16.3. The molecule has 3 heterocycles. The molecule has 12 heteroatoms. The summed E-state index contributed by atoms with van der Waals surface area (Å²) in [5.41, 5.74) is 1.97. The molecule has 2 aromatic heterocycles. The molecule has 2 N–H and O–H groups in total. The number of nitrogens with zero attached hydrogens (tertiary/aromatic N) is 6. The van der Waals surface area contributed by atoms with E-state index in [1.807, 2.05) is 42.1 Å². The van der Waals surface area contributed by atoms with Crippen molar-refractivity contribution in [2.24, 2.45) is 0 Å². The molecule has 1 aromatic carbocycles. The summed E-state index contributed by atoms with van der Waals surface area (Å²) in [5, 5.41) is 19.4. The Hall–Kier alpha value is -2.77. The smallest absolute Gasteiger partial charge is 0.280 e. The Labute approximate surface area is 195 Å². The zero-order valence-corrected chi connectivity index (χ0v) is 18.9. The molecular weight excluding hydrogens is 448 g/mol. The van der Waals surface area contributed by atoms with Crippen LogP contribution in [0.5, 0.6) is 5.88 Å². The van der Waals surface area contributed by atoms with Crippen LogP contribution in [0, 0.1) is 0 Å². The molecule has 0 aliphatic carbocycles. The Balaban J connectivity index is 1.74. The number of ether oxygens (including phenoxy) is 1. The number of aromatic nitrogens is 4. The molecule has 33 heavy (non-hydrogen) atoms. The lowest BCUT2D eigenvalue weighted by atomic mass is 10.2. The number of hydrogen-bond acceptors (Lipinski definition) is 12. The minimum atomic E-state index is -0.225. The maximum Gasteiger partial charge on any atom is 0.280 e. The third-order valence-corrected chi connectivity index (χ3v) is 5.65. The molecule has 0 unspecified atom stereocenters. The van der Waals surface area contributed by atoms with Crippen LogP contribution < -0.4 is 14.9 Å². The van der Waals surface area contributed by atoms with Crippen LogP contribution >= 0.6 is 11.8 Å². The van der Waals surface area contributed by atoms with Gasteiger partial charge in [0.05, 0.1) is 13.2 Å². The van der Waals surface area contributed by atoms with Gasteiger partial charge >= 0.3 is 0 Å². The molecule has 0 saturated carbocycles. The lowest BCUT2D eigenvalue weighted by molar-refractivity contribution is -0.106. The average molecular weight is 475 g/mol. The third-order valence-electron chi connectivity index (χ3n) is 4.71. The first kappa shape index (κ1) is 23.4. The highest BCUT2D eigenvalue weighted by molar-refractivity contribution is 7.99. The van der Waals surface area contributed by atoms with Crippen molar-refractivity contribution < 1.29 is 24.6 Å². The number of hydrogen-bond donors (Lipinski definition) is 2. The van der Waals surface area contributed by atoms with Gasteiger partial charge in [-0.2, -0.15) is 21.7 Å². The van der Waals surface area contributed by atoms with Gasteiger partial charge in [-0.1, -0.05) is 35.6 Å². The van der Waals surface area contributed by atoms with Crippen molar-refractivity contribution >= 4 is 34.6 Å². The van der Waals surface area contributed by atoms with Crippen molar-refractivity contribution in [2.45, 2.75) is 6.61 Å². The summed E-state index contributed by atoms with van der Waals surface area (Å²) < 4.78 is 6.00. The Morgan fingerprint density at radius 2 is 1.67 bits per heavy atom. The van der Waals surface area contributed by atoms with E-state index in [0.29, 0.717) is 29.3 Å². The number of thioether (sulfide) groups is 1. The molecule has 0 atom stereocenters. The number of fused-ring (bicyclic) bond motifs is 1. The average Bonchev–Trinajstić information content (AvgIpc) is 2.88. The lowest BCUT2D eigenvalue weighted by Gasteiger charge is -2.29. The molecule has 1 aliphatic heterocycles. The largest absolute Gasteiger partial charge is 0.471 e. The van der Waals surface area contributed by atoms with Crippen LogP contribution in [-0.2, 0) is 16.3 Å². The Bertz CT molecular complexity index is 1020. The summed E-state index contributed by atoms with van der Waals surface area (Å²) in [4.78, 5) is 31.0. The number of aliphatic hydroxyl groups excluding tert-OH is 2. The maximum absolute atomic E-state index is 9.19. The van der Waals surface area contributed by atoms with Crippen molar-refractivity contribution in [2.75, 3.05) is 61.1 Å². The van der Waals surface area contributed by atoms with Crippen LogP contribution in [0.4, 0.5) is 11.8 Å². The van der Waals surface area contributed by atoms with Crippen LogP contribution in [-0.4, -0.2) is 81.2 Å². The molecule has 176 valence electrons. The van der Waals surface area contributed by atoms with Crippen molar-refractivity contribution in [3.63, 3.8) is 0 Å². The second-order valence-corrected chi connectivity index (χ2v) is 8.19. The number of anilines is 2. The van der Waals surface area contributed by atoms with E-state index in [0.717, 1.165) is 35.4 Å². The Kier molecular flexibility index (Phi) is 8.44. The Morgan fingerprint density at radius 3 is 2.36 bits per heavy atom. The van der Waals surface area contributed by atoms with E-state index in [9.17, 15) is 10.2 Å². The number of rotatable bonds is 11. The SMILES string of the molecule is OCCON(OCCO)c1nc(N2CCSCC2)c2ncnc(OCc3ccccc3)c2n1. The molecule has 1 saturated heterocycles. The highest BCUT2D eigenvalue weighted by atomic mass is 32.2. The molecule has 0 spiro atoms. The normalized spacial score (nSPS) is 13.9. The summed E-state index contributed by atoms with van der Waals surface area (Å²) in [6.07, 6.45) is 1.44. The standard InChI is InChI=1S/C21H26N6O5S/c28-8-10-31-27(32-11-9-29)21-24-18-17(19(25-21)26-6-12-33-13-7-26)22-15-23-20(18)30-14-16-4-2-1-3-5-16/h1-5,15,28-29H,6-14H2. The molecule has 0 radical (unpaired) electrons. The van der Waals surface area contributed by atoms with E-state index >= 15 is 0 Å². The lowest BCUT2D eigenvalue weighted by Crippen LogP contribution is -2.35. The van der Waals surface area contributed by atoms with Gasteiger partial charge in [0.25, 0.3) is 5.95 Å². The van der Waals surface area contributed by atoms with E-state index in [-0.39, 0.29) is 32.4 Å². The van der Waals surface area contributed by atoms with Gasteiger partial charge in [0.15, 0.2) is 11.3 Å². The van der Waals surface area contributed by atoms with Gasteiger partial charge in [-0.15, -0.1) is 0 Å². The molecule has 4 rings (SSSR count). The predicted molar refractivity (Wildman–Crippen MR) is 124 cm³/mol. The highest BCUT2D eigenvalue weighted by Crippen LogP contribution is 2.31. The van der Waals surface area contributed by atoms with Crippen LogP contribution in [0.2, 0.25) is 0 Å². The fourth-order valence-corrected chi connectivity index (χ4v) is 4.11. The van der Waals surface area contributed by atoms with Gasteiger partial charge < -0.3 is 19.8 Å². The molecule has 1 aliphatic rings. The topological polar surface area (TPSA) is 126 Å². The summed E-state index contributed by atoms with van der Waals surface area (Å²) in [6.45, 7) is 1.39. The predicted octanol–water partition coefficient (Wildman–Crippen LogP) is 1.21. The van der Waals surface area contributed by atoms with Gasteiger partial charge in [0.1, 0.15) is 31.7 Å². The van der Waals surface area contributed by atoms with Crippen LogP contribution in [0.25, 0.3) is 11.0 Å². The quantitative estimate of drug-likeness (QED) is 0.388. The van der Waals surface area contributed by atoms with Crippen LogP contribution in [0.3, 0.4) is 0 Å². The third kappa shape index (κ3) is 5.97. The van der Waals surface area contributed by atoms with E-state index < -0.39 is 0 Å². The first-order valence-electron chi connectivity index (χ1n) is 10.6. The van der Waals surface area contributed by atoms with Gasteiger partial charge in [0, 0.05) is 24.6 Å². The maximum atomic E-state index is 9.19. The van der Waals surface area contributed by atoms with Gasteiger partial charge in [0.2, 0.25) is 5.88 Å². The zero-order valence-electron chi connectivity index (χ0n) is 18.0. The summed E-state index contributed by atoms with van der Waals surface area (Å²) >= 11 is 1.88. The van der Waals surface area contributed by atoms with Gasteiger partial charge in [-0.3, -0.25) is 0 Å². The fourth-order valence-electron chi connectivity index (χ4n) is 3.21. The van der Waals surface area contributed by atoms with Gasteiger partial charge in [-0.05, 0) is 5.56 Å². The minimum Gasteiger partial charge on any atom is -0.471 e. The van der Waals surface area contributed by atoms with E-state index in [1.54, 1.807) is 0 Å². The molecule has 11 nitrogen and oxygen atoms in total. The zero-order chi connectivity index (χ0) is 22.9. The van der Waals surface area contributed by atoms with Crippen LogP contribution in [0.1, 0.15) is 5.56 Å². The first-order valence-corrected chi connectivity index (χ1v) is 11.8. The highest BCUT2D eigenvalue weighted by Gasteiger charge is 2.24. The summed E-state index contributed by atoms with van der Waals surface area (Å²) in [5.74, 6) is 2.96. The van der Waals surface area contributed by atoms with Crippen molar-refractivity contribution in [1.82, 2.24) is 19.9 Å². The van der Waals surface area contributed by atoms with E-state index in [2.05, 4.69) is 24.8 Å². The molecule has 3 aromatic rings. The summed E-state index contributed by atoms with van der Waals surface area (Å²) in [6, 6.07) is 9.76. The molecule has 0 bridgehead atoms. The minimum absolute atomic E-state index is 0.0365. The number of benzene rings is 1. The van der Waals surface area contributed by atoms with Crippen molar-refractivity contribution in [3.05, 3.63) is 42.2 Å². The van der Waals surface area contributed by atoms with E-state index in [1.165, 1.54) is 6.33 Å². The van der Waals surface area contributed by atoms with E-state index in [4.69, 9.17) is 14.4 Å². The van der Waals surface area contributed by atoms with Gasteiger partial charge in [-0.25, -0.2) is 19.6 Å². The Morgan fingerprint density at radius 1 is 0.939 bits per heavy atom. The monoisotopic (exact) mass is 474 g/mol. The van der Waals surface area contributed by atoms with Crippen LogP contribution in [0.15, 0.2) is 36.7 Å². The number of aliphatic hydroxyl groups is 2. The summed E-state index contributed by atoms with van der Waals surface area (Å²) in [7, 11) is 0. The molecule has 1 fully saturated rings.